The highest BCUT2D eigenvalue weighted by Gasteiger charge is 2.43. The number of imide groups is 1. The number of carbonyl (C=O) groups excluding carboxylic acids is 2. The maximum absolute atomic E-state index is 13.7. The van der Waals surface area contributed by atoms with Crippen molar-refractivity contribution in [3.63, 3.8) is 0 Å². The monoisotopic (exact) mass is 404 g/mol. The van der Waals surface area contributed by atoms with Crippen molar-refractivity contribution in [3.05, 3.63) is 64.9 Å². The third-order valence-electron chi connectivity index (χ3n) is 6.23. The number of rotatable bonds is 4. The van der Waals surface area contributed by atoms with Gasteiger partial charge in [0.25, 0.3) is 11.8 Å². The van der Waals surface area contributed by atoms with Gasteiger partial charge in [0.15, 0.2) is 0 Å². The lowest BCUT2D eigenvalue weighted by Gasteiger charge is -2.33. The molecule has 2 aromatic carbocycles. The number of aryl methyl sites for hydroxylation is 1. The summed E-state index contributed by atoms with van der Waals surface area (Å²) in [5, 5.41) is 0. The standard InChI is InChI=1S/C25H28N2O3/c1-16-7-6-14-26(15-16)23-22(19-10-12-20(30-4)13-11-19)24(28)27(25(23)29)21-9-5-8-17(2)18(21)3/h5,8-13,16H,6-7,14-15H2,1-4H3. The Morgan fingerprint density at radius 2 is 1.73 bits per heavy atom. The molecule has 0 N–H and O–H groups in total. The van der Waals surface area contributed by atoms with Gasteiger partial charge in [-0.15, -0.1) is 0 Å². The number of hydrogen-bond donors (Lipinski definition) is 0. The first-order valence-corrected chi connectivity index (χ1v) is 10.5. The van der Waals surface area contributed by atoms with Crippen LogP contribution in [-0.4, -0.2) is 36.9 Å². The maximum Gasteiger partial charge on any atom is 0.282 e. The summed E-state index contributed by atoms with van der Waals surface area (Å²) in [6.07, 6.45) is 2.16. The minimum Gasteiger partial charge on any atom is -0.497 e. The molecular formula is C25H28N2O3. The van der Waals surface area contributed by atoms with Gasteiger partial charge in [0, 0.05) is 13.1 Å². The first-order valence-electron chi connectivity index (χ1n) is 10.5. The number of likely N-dealkylation sites (tertiary alicyclic amines) is 1. The Morgan fingerprint density at radius 3 is 2.40 bits per heavy atom. The summed E-state index contributed by atoms with van der Waals surface area (Å²) in [5.74, 6) is 0.720. The highest BCUT2D eigenvalue weighted by atomic mass is 16.5. The Bertz CT molecular complexity index is 1020. The number of benzene rings is 2. The van der Waals surface area contributed by atoms with Crippen molar-refractivity contribution in [2.45, 2.75) is 33.6 Å². The topological polar surface area (TPSA) is 49.9 Å². The number of carbonyl (C=O) groups is 2. The third kappa shape index (κ3) is 3.38. The molecule has 2 aliphatic heterocycles. The molecule has 0 spiro atoms. The van der Waals surface area contributed by atoms with Crippen molar-refractivity contribution in [1.82, 2.24) is 4.90 Å². The van der Waals surface area contributed by atoms with Gasteiger partial charge in [0.2, 0.25) is 0 Å². The van der Waals surface area contributed by atoms with Gasteiger partial charge >= 0.3 is 0 Å². The first-order chi connectivity index (χ1) is 14.4. The SMILES string of the molecule is COc1ccc(C2=C(N3CCCC(C)C3)C(=O)N(c3cccc(C)c3C)C2=O)cc1. The van der Waals surface area contributed by atoms with Crippen LogP contribution in [0.1, 0.15) is 36.5 Å². The molecule has 0 aromatic heterocycles. The molecular weight excluding hydrogens is 376 g/mol. The Hall–Kier alpha value is -3.08. The van der Waals surface area contributed by atoms with Crippen molar-refractivity contribution >= 4 is 23.1 Å². The Kier molecular flexibility index (Phi) is 5.37. The molecule has 1 fully saturated rings. The Morgan fingerprint density at radius 1 is 1.00 bits per heavy atom. The van der Waals surface area contributed by atoms with Crippen molar-refractivity contribution in [1.29, 1.82) is 0 Å². The second kappa shape index (κ2) is 7.98. The zero-order valence-corrected chi connectivity index (χ0v) is 18.1. The zero-order valence-electron chi connectivity index (χ0n) is 18.1. The molecule has 2 aliphatic rings. The molecule has 2 heterocycles. The molecule has 30 heavy (non-hydrogen) atoms. The van der Waals surface area contributed by atoms with Crippen molar-refractivity contribution in [3.8, 4) is 5.75 Å². The van der Waals surface area contributed by atoms with Crippen LogP contribution < -0.4 is 9.64 Å². The number of anilines is 1. The molecule has 0 aliphatic carbocycles. The van der Waals surface area contributed by atoms with Crippen LogP contribution in [0.5, 0.6) is 5.75 Å². The fourth-order valence-corrected chi connectivity index (χ4v) is 4.42. The summed E-state index contributed by atoms with van der Waals surface area (Å²) in [6.45, 7) is 7.73. The molecule has 1 unspecified atom stereocenters. The zero-order chi connectivity index (χ0) is 21.4. The van der Waals surface area contributed by atoms with Crippen molar-refractivity contribution in [2.75, 3.05) is 25.1 Å². The van der Waals surface area contributed by atoms with E-state index in [2.05, 4.69) is 11.8 Å². The van der Waals surface area contributed by atoms with Crippen LogP contribution in [0.3, 0.4) is 0 Å². The molecule has 2 aromatic rings. The molecule has 5 nitrogen and oxygen atoms in total. The molecule has 2 amide bonds. The minimum atomic E-state index is -0.257. The first kappa shape index (κ1) is 20.2. The van der Waals surface area contributed by atoms with Gasteiger partial charge in [0.05, 0.1) is 18.4 Å². The van der Waals surface area contributed by atoms with E-state index in [4.69, 9.17) is 4.74 Å². The summed E-state index contributed by atoms with van der Waals surface area (Å²) in [5.41, 5.74) is 4.42. The molecule has 0 bridgehead atoms. The van der Waals surface area contributed by atoms with Gasteiger partial charge < -0.3 is 9.64 Å². The number of hydrogen-bond acceptors (Lipinski definition) is 4. The van der Waals surface area contributed by atoms with Crippen LogP contribution >= 0.6 is 0 Å². The second-order valence-electron chi connectivity index (χ2n) is 8.31. The van der Waals surface area contributed by atoms with E-state index in [9.17, 15) is 9.59 Å². The van der Waals surface area contributed by atoms with Crippen LogP contribution in [0.15, 0.2) is 48.2 Å². The largest absolute Gasteiger partial charge is 0.497 e. The normalized spacial score (nSPS) is 19.7. The molecule has 4 rings (SSSR count). The van der Waals surface area contributed by atoms with Crippen LogP contribution in [0.25, 0.3) is 5.57 Å². The summed E-state index contributed by atoms with van der Waals surface area (Å²) in [7, 11) is 1.61. The highest BCUT2D eigenvalue weighted by molar-refractivity contribution is 6.45. The summed E-state index contributed by atoms with van der Waals surface area (Å²) in [4.78, 5) is 30.8. The average molecular weight is 405 g/mol. The number of nitrogens with zero attached hydrogens (tertiary/aromatic N) is 2. The van der Waals surface area contributed by atoms with E-state index in [1.54, 1.807) is 7.11 Å². The molecule has 156 valence electrons. The van der Waals surface area contributed by atoms with E-state index in [1.165, 1.54) is 4.90 Å². The fourth-order valence-electron chi connectivity index (χ4n) is 4.42. The lowest BCUT2D eigenvalue weighted by atomic mass is 9.97. The molecule has 0 saturated carbocycles. The van der Waals surface area contributed by atoms with Gasteiger partial charge in [0.1, 0.15) is 11.4 Å². The molecule has 5 heteroatoms. The van der Waals surface area contributed by atoms with E-state index in [1.807, 2.05) is 56.3 Å². The van der Waals surface area contributed by atoms with E-state index < -0.39 is 0 Å². The van der Waals surface area contributed by atoms with Gasteiger partial charge in [-0.1, -0.05) is 31.2 Å². The van der Waals surface area contributed by atoms with Crippen LogP contribution in [0.2, 0.25) is 0 Å². The van der Waals surface area contributed by atoms with E-state index in [-0.39, 0.29) is 11.8 Å². The third-order valence-corrected chi connectivity index (χ3v) is 6.23. The van der Waals surface area contributed by atoms with E-state index >= 15 is 0 Å². The number of piperidine rings is 1. The van der Waals surface area contributed by atoms with Crippen LogP contribution in [0, 0.1) is 19.8 Å². The molecule has 1 atom stereocenters. The Balaban J connectivity index is 1.84. The van der Waals surface area contributed by atoms with Crippen molar-refractivity contribution < 1.29 is 14.3 Å². The predicted molar refractivity (Wildman–Crippen MR) is 118 cm³/mol. The molecule has 0 radical (unpaired) electrons. The number of methoxy groups -OCH3 is 1. The quantitative estimate of drug-likeness (QED) is 0.712. The minimum absolute atomic E-state index is 0.228. The Labute approximate surface area is 177 Å². The average Bonchev–Trinajstić information content (AvgIpc) is 3.00. The summed E-state index contributed by atoms with van der Waals surface area (Å²) < 4.78 is 5.27. The van der Waals surface area contributed by atoms with Crippen molar-refractivity contribution in [2.24, 2.45) is 5.92 Å². The van der Waals surface area contributed by atoms with Gasteiger partial charge in [-0.25, -0.2) is 4.90 Å². The van der Waals surface area contributed by atoms with Gasteiger partial charge in [-0.3, -0.25) is 9.59 Å². The summed E-state index contributed by atoms with van der Waals surface area (Å²) in [6, 6.07) is 13.1. The van der Waals surface area contributed by atoms with E-state index in [0.29, 0.717) is 22.9 Å². The lowest BCUT2D eigenvalue weighted by molar-refractivity contribution is -0.120. The second-order valence-corrected chi connectivity index (χ2v) is 8.31. The summed E-state index contributed by atoms with van der Waals surface area (Å²) >= 11 is 0. The number of amides is 2. The highest BCUT2D eigenvalue weighted by Crippen LogP contribution is 2.38. The van der Waals surface area contributed by atoms with Crippen LogP contribution in [0.4, 0.5) is 5.69 Å². The lowest BCUT2D eigenvalue weighted by Crippen LogP contribution is -2.39. The van der Waals surface area contributed by atoms with Gasteiger partial charge in [-0.05, 0) is 67.5 Å². The fraction of sp³-hybridized carbons (Fsp3) is 0.360. The smallest absolute Gasteiger partial charge is 0.282 e. The van der Waals surface area contributed by atoms with Crippen LogP contribution in [-0.2, 0) is 9.59 Å². The van der Waals surface area contributed by atoms with Gasteiger partial charge in [-0.2, -0.15) is 0 Å². The van der Waals surface area contributed by atoms with E-state index in [0.717, 1.165) is 48.4 Å². The predicted octanol–water partition coefficient (Wildman–Crippen LogP) is 4.33. The maximum atomic E-state index is 13.7. The molecule has 1 saturated heterocycles. The number of ether oxygens (including phenoxy) is 1.